The first kappa shape index (κ1) is 12.6. The molecule has 1 N–H and O–H groups in total. The zero-order valence-electron chi connectivity index (χ0n) is 10.9. The summed E-state index contributed by atoms with van der Waals surface area (Å²) in [5.74, 6) is 0.771. The SMILES string of the molecule is Cc1ccccc1CN[C@@H](C)C1CCOCC1. The van der Waals surface area contributed by atoms with Gasteiger partial charge in [-0.3, -0.25) is 0 Å². The standard InChI is InChI=1S/C15H23NO/c1-12-5-3-4-6-15(12)11-16-13(2)14-7-9-17-10-8-14/h3-6,13-14,16H,7-11H2,1-2H3/t13-/m0/s1. The highest BCUT2D eigenvalue weighted by Gasteiger charge is 2.19. The van der Waals surface area contributed by atoms with Crippen molar-refractivity contribution in [3.8, 4) is 0 Å². The van der Waals surface area contributed by atoms with Crippen LogP contribution in [-0.4, -0.2) is 19.3 Å². The summed E-state index contributed by atoms with van der Waals surface area (Å²) in [5, 5.41) is 3.65. The summed E-state index contributed by atoms with van der Waals surface area (Å²) >= 11 is 0. The van der Waals surface area contributed by atoms with Crippen LogP contribution < -0.4 is 5.32 Å². The molecule has 1 atom stereocenters. The Labute approximate surface area is 104 Å². The van der Waals surface area contributed by atoms with Crippen LogP contribution in [0.2, 0.25) is 0 Å². The lowest BCUT2D eigenvalue weighted by Crippen LogP contribution is -2.36. The van der Waals surface area contributed by atoms with E-state index in [0.29, 0.717) is 6.04 Å². The van der Waals surface area contributed by atoms with Crippen LogP contribution in [0.15, 0.2) is 24.3 Å². The quantitative estimate of drug-likeness (QED) is 0.863. The van der Waals surface area contributed by atoms with Gasteiger partial charge in [0.15, 0.2) is 0 Å². The first-order valence-electron chi connectivity index (χ1n) is 6.63. The fourth-order valence-corrected chi connectivity index (χ4v) is 2.46. The van der Waals surface area contributed by atoms with Crippen LogP contribution in [0.5, 0.6) is 0 Å². The highest BCUT2D eigenvalue weighted by Crippen LogP contribution is 2.19. The predicted octanol–water partition coefficient (Wildman–Crippen LogP) is 2.90. The second-order valence-electron chi connectivity index (χ2n) is 5.05. The van der Waals surface area contributed by atoms with Gasteiger partial charge in [0.05, 0.1) is 0 Å². The molecule has 0 unspecified atom stereocenters. The van der Waals surface area contributed by atoms with Gasteiger partial charge < -0.3 is 10.1 Å². The summed E-state index contributed by atoms with van der Waals surface area (Å²) in [7, 11) is 0. The van der Waals surface area contributed by atoms with Crippen LogP contribution in [0, 0.1) is 12.8 Å². The highest BCUT2D eigenvalue weighted by atomic mass is 16.5. The Balaban J connectivity index is 1.83. The van der Waals surface area contributed by atoms with Gasteiger partial charge in [-0.15, -0.1) is 0 Å². The van der Waals surface area contributed by atoms with E-state index in [-0.39, 0.29) is 0 Å². The molecule has 0 radical (unpaired) electrons. The number of benzene rings is 1. The van der Waals surface area contributed by atoms with Crippen molar-refractivity contribution in [2.24, 2.45) is 5.92 Å². The molecule has 94 valence electrons. The summed E-state index contributed by atoms with van der Waals surface area (Å²) in [4.78, 5) is 0. The predicted molar refractivity (Wildman–Crippen MR) is 71.0 cm³/mol. The second-order valence-corrected chi connectivity index (χ2v) is 5.05. The summed E-state index contributed by atoms with van der Waals surface area (Å²) < 4.78 is 5.40. The molecule has 1 saturated heterocycles. The van der Waals surface area contributed by atoms with E-state index in [2.05, 4.69) is 43.4 Å². The molecule has 0 spiro atoms. The Morgan fingerprint density at radius 3 is 2.71 bits per heavy atom. The van der Waals surface area contributed by atoms with Crippen LogP contribution >= 0.6 is 0 Å². The van der Waals surface area contributed by atoms with E-state index >= 15 is 0 Å². The van der Waals surface area contributed by atoms with E-state index < -0.39 is 0 Å². The van der Waals surface area contributed by atoms with Crippen molar-refractivity contribution in [1.82, 2.24) is 5.32 Å². The molecule has 0 bridgehead atoms. The number of ether oxygens (including phenoxy) is 1. The van der Waals surface area contributed by atoms with E-state index in [0.717, 1.165) is 25.7 Å². The molecule has 1 aliphatic heterocycles. The number of rotatable bonds is 4. The van der Waals surface area contributed by atoms with Crippen LogP contribution in [0.3, 0.4) is 0 Å². The van der Waals surface area contributed by atoms with Gasteiger partial charge in [0, 0.05) is 25.8 Å². The minimum absolute atomic E-state index is 0.582. The van der Waals surface area contributed by atoms with Gasteiger partial charge in [0.25, 0.3) is 0 Å². The molecule has 2 heteroatoms. The molecular weight excluding hydrogens is 210 g/mol. The Hall–Kier alpha value is -0.860. The van der Waals surface area contributed by atoms with Crippen molar-refractivity contribution >= 4 is 0 Å². The monoisotopic (exact) mass is 233 g/mol. The zero-order valence-corrected chi connectivity index (χ0v) is 10.9. The third-order valence-corrected chi connectivity index (χ3v) is 3.85. The maximum absolute atomic E-state index is 5.40. The van der Waals surface area contributed by atoms with Crippen molar-refractivity contribution < 1.29 is 4.74 Å². The van der Waals surface area contributed by atoms with E-state index in [4.69, 9.17) is 4.74 Å². The maximum atomic E-state index is 5.40. The molecule has 1 aliphatic rings. The largest absolute Gasteiger partial charge is 0.381 e. The van der Waals surface area contributed by atoms with Crippen molar-refractivity contribution in [2.75, 3.05) is 13.2 Å². The summed E-state index contributed by atoms with van der Waals surface area (Å²) in [6.07, 6.45) is 2.39. The van der Waals surface area contributed by atoms with E-state index in [9.17, 15) is 0 Å². The van der Waals surface area contributed by atoms with Crippen LogP contribution in [-0.2, 0) is 11.3 Å². The molecule has 2 rings (SSSR count). The van der Waals surface area contributed by atoms with Gasteiger partial charge in [-0.1, -0.05) is 24.3 Å². The van der Waals surface area contributed by atoms with Crippen LogP contribution in [0.1, 0.15) is 30.9 Å². The van der Waals surface area contributed by atoms with E-state index in [1.807, 2.05) is 0 Å². The average molecular weight is 233 g/mol. The third kappa shape index (κ3) is 3.55. The first-order valence-corrected chi connectivity index (χ1v) is 6.63. The zero-order chi connectivity index (χ0) is 12.1. The van der Waals surface area contributed by atoms with Gasteiger partial charge in [0.2, 0.25) is 0 Å². The molecular formula is C15H23NO. The van der Waals surface area contributed by atoms with Gasteiger partial charge in [-0.25, -0.2) is 0 Å². The first-order chi connectivity index (χ1) is 8.27. The average Bonchev–Trinajstić information content (AvgIpc) is 2.38. The highest BCUT2D eigenvalue weighted by molar-refractivity contribution is 5.25. The van der Waals surface area contributed by atoms with Gasteiger partial charge in [-0.05, 0) is 43.7 Å². The summed E-state index contributed by atoms with van der Waals surface area (Å²) in [6.45, 7) is 7.32. The molecule has 0 aromatic heterocycles. The number of aryl methyl sites for hydroxylation is 1. The molecule has 1 fully saturated rings. The van der Waals surface area contributed by atoms with Gasteiger partial charge in [-0.2, -0.15) is 0 Å². The van der Waals surface area contributed by atoms with E-state index in [1.54, 1.807) is 0 Å². The Morgan fingerprint density at radius 1 is 1.29 bits per heavy atom. The molecule has 17 heavy (non-hydrogen) atoms. The maximum Gasteiger partial charge on any atom is 0.0469 e. The molecule has 1 aromatic rings. The van der Waals surface area contributed by atoms with Crippen LogP contribution in [0.4, 0.5) is 0 Å². The van der Waals surface area contributed by atoms with Crippen LogP contribution in [0.25, 0.3) is 0 Å². The molecule has 1 heterocycles. The second kappa shape index (κ2) is 6.18. The minimum Gasteiger partial charge on any atom is -0.381 e. The minimum atomic E-state index is 0.582. The molecule has 0 saturated carbocycles. The number of hydrogen-bond donors (Lipinski definition) is 1. The molecule has 2 nitrogen and oxygen atoms in total. The van der Waals surface area contributed by atoms with Crippen molar-refractivity contribution in [1.29, 1.82) is 0 Å². The summed E-state index contributed by atoms with van der Waals surface area (Å²) in [5.41, 5.74) is 2.78. The van der Waals surface area contributed by atoms with Crippen molar-refractivity contribution in [2.45, 2.75) is 39.3 Å². The third-order valence-electron chi connectivity index (χ3n) is 3.85. The Bertz CT molecular complexity index is 345. The Kier molecular flexibility index (Phi) is 4.57. The fourth-order valence-electron chi connectivity index (χ4n) is 2.46. The topological polar surface area (TPSA) is 21.3 Å². The smallest absolute Gasteiger partial charge is 0.0469 e. The number of hydrogen-bond acceptors (Lipinski definition) is 2. The van der Waals surface area contributed by atoms with Crippen molar-refractivity contribution in [3.05, 3.63) is 35.4 Å². The van der Waals surface area contributed by atoms with Crippen molar-refractivity contribution in [3.63, 3.8) is 0 Å². The number of nitrogens with one attached hydrogen (secondary N) is 1. The fraction of sp³-hybridized carbons (Fsp3) is 0.600. The van der Waals surface area contributed by atoms with E-state index in [1.165, 1.54) is 24.0 Å². The lowest BCUT2D eigenvalue weighted by molar-refractivity contribution is 0.0558. The molecule has 1 aromatic carbocycles. The molecule has 0 amide bonds. The van der Waals surface area contributed by atoms with Gasteiger partial charge in [0.1, 0.15) is 0 Å². The van der Waals surface area contributed by atoms with Gasteiger partial charge >= 0.3 is 0 Å². The Morgan fingerprint density at radius 2 is 2.00 bits per heavy atom. The molecule has 0 aliphatic carbocycles. The summed E-state index contributed by atoms with van der Waals surface area (Å²) in [6, 6.07) is 9.18. The lowest BCUT2D eigenvalue weighted by atomic mass is 9.92. The normalized spacial score (nSPS) is 19.2. The lowest BCUT2D eigenvalue weighted by Gasteiger charge is -2.28.